The van der Waals surface area contributed by atoms with E-state index in [1.807, 2.05) is 19.2 Å². The number of pyridine rings is 1. The monoisotopic (exact) mass is 266 g/mol. The Morgan fingerprint density at radius 3 is 2.58 bits per heavy atom. The molecular formula is C15H26N2O2. The van der Waals surface area contributed by atoms with Crippen LogP contribution in [0.3, 0.4) is 0 Å². The van der Waals surface area contributed by atoms with Crippen LogP contribution in [0.4, 0.5) is 0 Å². The van der Waals surface area contributed by atoms with E-state index >= 15 is 0 Å². The van der Waals surface area contributed by atoms with Gasteiger partial charge in [-0.05, 0) is 39.3 Å². The summed E-state index contributed by atoms with van der Waals surface area (Å²) in [5.41, 5.74) is 2.25. The van der Waals surface area contributed by atoms with Gasteiger partial charge in [0, 0.05) is 25.4 Å². The zero-order valence-corrected chi connectivity index (χ0v) is 12.7. The van der Waals surface area contributed by atoms with Crippen molar-refractivity contribution >= 4 is 0 Å². The lowest BCUT2D eigenvalue weighted by molar-refractivity contribution is -0.00137. The van der Waals surface area contributed by atoms with Crippen LogP contribution in [0, 0.1) is 0 Å². The summed E-state index contributed by atoms with van der Waals surface area (Å²) >= 11 is 0. The number of nitrogens with one attached hydrogen (secondary N) is 1. The Labute approximate surface area is 116 Å². The Morgan fingerprint density at radius 2 is 2.05 bits per heavy atom. The number of nitrogens with zero attached hydrogens (tertiary/aromatic N) is 1. The lowest BCUT2D eigenvalue weighted by Gasteiger charge is -2.20. The molecule has 0 amide bonds. The minimum atomic E-state index is 0.0917. The molecule has 1 unspecified atom stereocenters. The van der Waals surface area contributed by atoms with Crippen molar-refractivity contribution < 1.29 is 9.47 Å². The van der Waals surface area contributed by atoms with Crippen molar-refractivity contribution in [3.63, 3.8) is 0 Å². The van der Waals surface area contributed by atoms with Gasteiger partial charge in [-0.25, -0.2) is 0 Å². The van der Waals surface area contributed by atoms with Gasteiger partial charge in [-0.2, -0.15) is 0 Å². The molecule has 0 radical (unpaired) electrons. The number of aromatic nitrogens is 1. The van der Waals surface area contributed by atoms with Crippen molar-refractivity contribution in [2.75, 3.05) is 13.7 Å². The number of methoxy groups -OCH3 is 1. The van der Waals surface area contributed by atoms with E-state index in [4.69, 9.17) is 9.47 Å². The first-order valence-electron chi connectivity index (χ1n) is 6.70. The van der Waals surface area contributed by atoms with Crippen LogP contribution in [0.5, 0.6) is 0 Å². The summed E-state index contributed by atoms with van der Waals surface area (Å²) in [4.78, 5) is 4.41. The third-order valence-electron chi connectivity index (χ3n) is 2.63. The fourth-order valence-electron chi connectivity index (χ4n) is 1.52. The van der Waals surface area contributed by atoms with Crippen LogP contribution in [-0.2, 0) is 22.6 Å². The van der Waals surface area contributed by atoms with Crippen LogP contribution in [0.1, 0.15) is 39.0 Å². The van der Waals surface area contributed by atoms with Crippen molar-refractivity contribution in [3.8, 4) is 0 Å². The molecule has 0 aromatic carbocycles. The molecule has 0 aliphatic carbocycles. The molecule has 0 fully saturated rings. The molecule has 0 aliphatic heterocycles. The van der Waals surface area contributed by atoms with Crippen LogP contribution in [0.25, 0.3) is 0 Å². The molecule has 4 nitrogen and oxygen atoms in total. The smallest absolute Gasteiger partial charge is 0.0892 e. The Hall–Kier alpha value is -0.970. The highest BCUT2D eigenvalue weighted by molar-refractivity contribution is 5.13. The van der Waals surface area contributed by atoms with Gasteiger partial charge in [-0.3, -0.25) is 4.98 Å². The molecule has 0 saturated heterocycles. The quantitative estimate of drug-likeness (QED) is 0.823. The summed E-state index contributed by atoms with van der Waals surface area (Å²) in [5, 5.41) is 3.44. The van der Waals surface area contributed by atoms with Crippen molar-refractivity contribution in [2.45, 2.75) is 52.5 Å². The summed E-state index contributed by atoms with van der Waals surface area (Å²) in [5.74, 6) is 0. The molecule has 1 rings (SSSR count). The van der Waals surface area contributed by atoms with Crippen LogP contribution in [0.2, 0.25) is 0 Å². The Balaban J connectivity index is 2.39. The second kappa shape index (κ2) is 7.58. The number of ether oxygens (including phenoxy) is 2. The van der Waals surface area contributed by atoms with Gasteiger partial charge in [0.15, 0.2) is 0 Å². The van der Waals surface area contributed by atoms with E-state index in [1.54, 1.807) is 7.11 Å². The maximum atomic E-state index is 5.62. The van der Waals surface area contributed by atoms with Crippen LogP contribution < -0.4 is 5.32 Å². The first-order valence-corrected chi connectivity index (χ1v) is 6.70. The SMILES string of the molecule is COCC(C)OCc1ccc(CNC(C)(C)C)cn1. The number of hydrogen-bond donors (Lipinski definition) is 1. The van der Waals surface area contributed by atoms with Crippen LogP contribution in [0.15, 0.2) is 18.3 Å². The van der Waals surface area contributed by atoms with Gasteiger partial charge >= 0.3 is 0 Å². The van der Waals surface area contributed by atoms with E-state index in [0.29, 0.717) is 13.2 Å². The predicted molar refractivity (Wildman–Crippen MR) is 77.0 cm³/mol. The van der Waals surface area contributed by atoms with Crippen molar-refractivity contribution in [2.24, 2.45) is 0 Å². The van der Waals surface area contributed by atoms with E-state index in [0.717, 1.165) is 12.2 Å². The highest BCUT2D eigenvalue weighted by Crippen LogP contribution is 2.06. The van der Waals surface area contributed by atoms with E-state index < -0.39 is 0 Å². The van der Waals surface area contributed by atoms with Crippen LogP contribution in [-0.4, -0.2) is 30.3 Å². The van der Waals surface area contributed by atoms with Crippen molar-refractivity contribution in [3.05, 3.63) is 29.6 Å². The molecule has 0 saturated carbocycles. The molecule has 108 valence electrons. The third-order valence-corrected chi connectivity index (χ3v) is 2.63. The summed E-state index contributed by atoms with van der Waals surface area (Å²) in [6.07, 6.45) is 1.99. The highest BCUT2D eigenvalue weighted by atomic mass is 16.5. The molecule has 1 heterocycles. The van der Waals surface area contributed by atoms with Crippen molar-refractivity contribution in [1.29, 1.82) is 0 Å². The molecule has 0 aliphatic rings. The first-order chi connectivity index (χ1) is 8.90. The van der Waals surface area contributed by atoms with Gasteiger partial charge in [0.25, 0.3) is 0 Å². The topological polar surface area (TPSA) is 43.4 Å². The molecule has 1 atom stereocenters. The molecule has 1 aromatic rings. The molecule has 1 N–H and O–H groups in total. The number of rotatable bonds is 7. The third kappa shape index (κ3) is 7.25. The summed E-state index contributed by atoms with van der Waals surface area (Å²) < 4.78 is 10.6. The lowest BCUT2D eigenvalue weighted by atomic mass is 10.1. The predicted octanol–water partition coefficient (Wildman–Crippen LogP) is 2.52. The van der Waals surface area contributed by atoms with Gasteiger partial charge in [-0.15, -0.1) is 0 Å². The second-order valence-corrected chi connectivity index (χ2v) is 5.84. The minimum absolute atomic E-state index is 0.0917. The summed E-state index contributed by atoms with van der Waals surface area (Å²) in [6, 6.07) is 4.10. The fraction of sp³-hybridized carbons (Fsp3) is 0.667. The molecule has 0 spiro atoms. The lowest BCUT2D eigenvalue weighted by Crippen LogP contribution is -2.35. The normalized spacial score (nSPS) is 13.5. The van der Waals surface area contributed by atoms with Crippen LogP contribution >= 0.6 is 0 Å². The molecule has 4 heteroatoms. The van der Waals surface area contributed by atoms with Gasteiger partial charge in [0.05, 0.1) is 25.0 Å². The zero-order chi connectivity index (χ0) is 14.3. The molecule has 0 bridgehead atoms. The Kier molecular flexibility index (Phi) is 6.42. The van der Waals surface area contributed by atoms with Gasteiger partial charge in [-0.1, -0.05) is 6.07 Å². The standard InChI is InChI=1S/C15H26N2O2/c1-12(10-18-5)19-11-14-7-6-13(8-16-14)9-17-15(2,3)4/h6-8,12,17H,9-11H2,1-5H3. The summed E-state index contributed by atoms with van der Waals surface area (Å²) in [6.45, 7) is 10.4. The molecular weight excluding hydrogens is 240 g/mol. The van der Waals surface area contributed by atoms with E-state index in [2.05, 4.69) is 37.1 Å². The molecule has 19 heavy (non-hydrogen) atoms. The van der Waals surface area contributed by atoms with Gasteiger partial charge < -0.3 is 14.8 Å². The average Bonchev–Trinajstić information content (AvgIpc) is 2.34. The Bertz CT molecular complexity index is 357. The molecule has 1 aromatic heterocycles. The summed E-state index contributed by atoms with van der Waals surface area (Å²) in [7, 11) is 1.68. The van der Waals surface area contributed by atoms with Gasteiger partial charge in [0.1, 0.15) is 0 Å². The van der Waals surface area contributed by atoms with E-state index in [-0.39, 0.29) is 11.6 Å². The zero-order valence-electron chi connectivity index (χ0n) is 12.7. The average molecular weight is 266 g/mol. The maximum absolute atomic E-state index is 5.62. The minimum Gasteiger partial charge on any atom is -0.382 e. The highest BCUT2D eigenvalue weighted by Gasteiger charge is 2.08. The fourth-order valence-corrected chi connectivity index (χ4v) is 1.52. The van der Waals surface area contributed by atoms with Crippen molar-refractivity contribution in [1.82, 2.24) is 10.3 Å². The Morgan fingerprint density at radius 1 is 1.32 bits per heavy atom. The first kappa shape index (κ1) is 16.1. The largest absolute Gasteiger partial charge is 0.382 e. The van der Waals surface area contributed by atoms with E-state index in [1.165, 1.54) is 5.56 Å². The number of hydrogen-bond acceptors (Lipinski definition) is 4. The van der Waals surface area contributed by atoms with E-state index in [9.17, 15) is 0 Å². The van der Waals surface area contributed by atoms with Gasteiger partial charge in [0.2, 0.25) is 0 Å². The second-order valence-electron chi connectivity index (χ2n) is 5.84. The maximum Gasteiger partial charge on any atom is 0.0892 e.